The highest BCUT2D eigenvalue weighted by Crippen LogP contribution is 2.23. The lowest BCUT2D eigenvalue weighted by molar-refractivity contribution is -0.123. The molecule has 0 aliphatic rings. The van der Waals surface area contributed by atoms with Crippen LogP contribution in [-0.4, -0.2) is 36.9 Å². The highest BCUT2D eigenvalue weighted by molar-refractivity contribution is 6.04. The van der Waals surface area contributed by atoms with Gasteiger partial charge in [-0.1, -0.05) is 46.8 Å². The molecule has 0 heterocycles. The summed E-state index contributed by atoms with van der Waals surface area (Å²) in [5, 5.41) is 2.85. The van der Waals surface area contributed by atoms with E-state index < -0.39 is 5.41 Å². The van der Waals surface area contributed by atoms with E-state index in [0.29, 0.717) is 24.3 Å². The minimum atomic E-state index is -0.524. The Hall–Kier alpha value is -1.59. The summed E-state index contributed by atoms with van der Waals surface area (Å²) in [5.41, 5.74) is 6.08. The van der Waals surface area contributed by atoms with Gasteiger partial charge in [-0.15, -0.1) is 12.4 Å². The minimum absolute atomic E-state index is 0. The zero-order valence-electron chi connectivity index (χ0n) is 15.5. The van der Waals surface area contributed by atoms with Gasteiger partial charge in [0.1, 0.15) is 0 Å². The third-order valence-corrected chi connectivity index (χ3v) is 3.65. The van der Waals surface area contributed by atoms with E-state index in [1.54, 1.807) is 36.2 Å². The second-order valence-corrected chi connectivity index (χ2v) is 7.78. The number of amides is 2. The van der Waals surface area contributed by atoms with E-state index in [4.69, 9.17) is 5.73 Å². The third kappa shape index (κ3) is 6.13. The van der Waals surface area contributed by atoms with Crippen molar-refractivity contribution in [2.75, 3.05) is 25.5 Å². The first kappa shape index (κ1) is 22.4. The van der Waals surface area contributed by atoms with Gasteiger partial charge in [0.2, 0.25) is 5.91 Å². The van der Waals surface area contributed by atoms with Crippen LogP contribution in [0.4, 0.5) is 5.69 Å². The second kappa shape index (κ2) is 8.49. The number of rotatable bonds is 5. The van der Waals surface area contributed by atoms with Gasteiger partial charge in [-0.25, -0.2) is 0 Å². The average Bonchev–Trinajstić information content (AvgIpc) is 2.45. The van der Waals surface area contributed by atoms with Gasteiger partial charge in [-0.3, -0.25) is 9.59 Å². The van der Waals surface area contributed by atoms with Gasteiger partial charge in [0, 0.05) is 19.0 Å². The molecule has 0 fully saturated rings. The minimum Gasteiger partial charge on any atom is -0.341 e. The third-order valence-electron chi connectivity index (χ3n) is 3.65. The van der Waals surface area contributed by atoms with E-state index in [1.807, 2.05) is 34.6 Å². The van der Waals surface area contributed by atoms with Crippen molar-refractivity contribution in [1.82, 2.24) is 4.90 Å². The molecule has 2 amide bonds. The number of hydrogen-bond acceptors (Lipinski definition) is 3. The summed E-state index contributed by atoms with van der Waals surface area (Å²) in [6, 6.07) is 7.08. The van der Waals surface area contributed by atoms with E-state index in [1.165, 1.54) is 0 Å². The largest absolute Gasteiger partial charge is 0.341 e. The molecule has 0 saturated heterocycles. The fourth-order valence-corrected chi connectivity index (χ4v) is 2.07. The first-order valence-corrected chi connectivity index (χ1v) is 7.84. The summed E-state index contributed by atoms with van der Waals surface area (Å²) in [5.74, 6) is -0.251. The lowest BCUT2D eigenvalue weighted by atomic mass is 9.93. The van der Waals surface area contributed by atoms with Gasteiger partial charge in [0.15, 0.2) is 0 Å². The Labute approximate surface area is 151 Å². The smallest absolute Gasteiger partial charge is 0.255 e. The van der Waals surface area contributed by atoms with Crippen molar-refractivity contribution in [1.29, 1.82) is 0 Å². The van der Waals surface area contributed by atoms with Crippen LogP contribution >= 0.6 is 12.4 Å². The number of anilines is 1. The molecular weight excluding hydrogens is 326 g/mol. The Kier molecular flexibility index (Phi) is 7.93. The van der Waals surface area contributed by atoms with Crippen LogP contribution in [-0.2, 0) is 4.79 Å². The molecule has 0 atom stereocenters. The molecule has 1 rings (SSSR count). The van der Waals surface area contributed by atoms with Gasteiger partial charge in [0.25, 0.3) is 5.91 Å². The predicted molar refractivity (Wildman–Crippen MR) is 102 cm³/mol. The van der Waals surface area contributed by atoms with E-state index in [-0.39, 0.29) is 29.6 Å². The van der Waals surface area contributed by atoms with E-state index >= 15 is 0 Å². The van der Waals surface area contributed by atoms with Crippen LogP contribution in [0, 0.1) is 10.8 Å². The first-order chi connectivity index (χ1) is 10.5. The lowest BCUT2D eigenvalue weighted by Gasteiger charge is -2.29. The molecule has 0 aromatic heterocycles. The van der Waals surface area contributed by atoms with E-state index in [0.717, 1.165) is 0 Å². The van der Waals surface area contributed by atoms with Gasteiger partial charge in [-0.2, -0.15) is 0 Å². The Morgan fingerprint density at radius 1 is 1.12 bits per heavy atom. The molecular formula is C18H30ClN3O2. The molecule has 1 aromatic carbocycles. The van der Waals surface area contributed by atoms with Gasteiger partial charge in [-0.05, 0) is 24.1 Å². The summed E-state index contributed by atoms with van der Waals surface area (Å²) in [6.45, 7) is 10.6. The molecule has 0 radical (unpaired) electrons. The maximum atomic E-state index is 12.7. The molecule has 0 aliphatic heterocycles. The van der Waals surface area contributed by atoms with Crippen molar-refractivity contribution in [2.45, 2.75) is 34.6 Å². The molecule has 0 bridgehead atoms. The van der Waals surface area contributed by atoms with Crippen molar-refractivity contribution in [3.05, 3.63) is 29.8 Å². The van der Waals surface area contributed by atoms with Crippen LogP contribution in [0.1, 0.15) is 45.0 Å². The van der Waals surface area contributed by atoms with Crippen LogP contribution in [0.3, 0.4) is 0 Å². The highest BCUT2D eigenvalue weighted by Gasteiger charge is 2.26. The van der Waals surface area contributed by atoms with Crippen molar-refractivity contribution >= 4 is 29.9 Å². The number of halogens is 1. The monoisotopic (exact) mass is 355 g/mol. The number of benzene rings is 1. The van der Waals surface area contributed by atoms with Crippen LogP contribution in [0.5, 0.6) is 0 Å². The summed E-state index contributed by atoms with van der Waals surface area (Å²) >= 11 is 0. The second-order valence-electron chi connectivity index (χ2n) is 7.78. The number of hydrogen-bond donors (Lipinski definition) is 2. The van der Waals surface area contributed by atoms with Crippen molar-refractivity contribution < 1.29 is 9.59 Å². The number of nitrogens with one attached hydrogen (secondary N) is 1. The van der Waals surface area contributed by atoms with Gasteiger partial charge >= 0.3 is 0 Å². The van der Waals surface area contributed by atoms with Crippen LogP contribution in [0.25, 0.3) is 0 Å². The molecule has 6 heteroatoms. The normalized spacial score (nSPS) is 11.5. The summed E-state index contributed by atoms with van der Waals surface area (Å²) in [6.07, 6.45) is 0. The number of nitrogens with zero attached hydrogens (tertiary/aromatic N) is 1. The number of nitrogens with two attached hydrogens (primary N) is 1. The zero-order chi connectivity index (χ0) is 17.8. The molecule has 24 heavy (non-hydrogen) atoms. The van der Waals surface area contributed by atoms with Crippen molar-refractivity contribution in [3.63, 3.8) is 0 Å². The van der Waals surface area contributed by atoms with E-state index in [9.17, 15) is 9.59 Å². The Morgan fingerprint density at radius 3 is 2.17 bits per heavy atom. The Balaban J connectivity index is 0.00000529. The summed E-state index contributed by atoms with van der Waals surface area (Å²) in [4.78, 5) is 26.6. The van der Waals surface area contributed by atoms with Crippen molar-refractivity contribution in [2.24, 2.45) is 16.6 Å². The van der Waals surface area contributed by atoms with Gasteiger partial charge < -0.3 is 16.0 Å². The van der Waals surface area contributed by atoms with Crippen molar-refractivity contribution in [3.8, 4) is 0 Å². The van der Waals surface area contributed by atoms with E-state index in [2.05, 4.69) is 5.32 Å². The fraction of sp³-hybridized carbons (Fsp3) is 0.556. The SMILES string of the molecule is CN(CC(C)(C)CN)C(=O)c1ccccc1NC(=O)C(C)(C)C.Cl. The highest BCUT2D eigenvalue weighted by atomic mass is 35.5. The summed E-state index contributed by atoms with van der Waals surface area (Å²) in [7, 11) is 1.75. The first-order valence-electron chi connectivity index (χ1n) is 7.84. The number of carbonyl (C=O) groups is 2. The standard InChI is InChI=1S/C18H29N3O2.ClH/c1-17(2,3)16(23)20-14-10-8-7-9-13(14)15(22)21(6)12-18(4,5)11-19;/h7-10H,11-12,19H2,1-6H3,(H,20,23);1H. The molecule has 3 N–H and O–H groups in total. The fourth-order valence-electron chi connectivity index (χ4n) is 2.07. The molecule has 0 spiro atoms. The molecule has 0 aliphatic carbocycles. The van der Waals surface area contributed by atoms with Crippen LogP contribution in [0.2, 0.25) is 0 Å². The average molecular weight is 356 g/mol. The molecule has 1 aromatic rings. The van der Waals surface area contributed by atoms with Crippen LogP contribution in [0.15, 0.2) is 24.3 Å². The molecule has 5 nitrogen and oxygen atoms in total. The topological polar surface area (TPSA) is 75.4 Å². The predicted octanol–water partition coefficient (Wildman–Crippen LogP) is 3.15. The summed E-state index contributed by atoms with van der Waals surface area (Å²) < 4.78 is 0. The number of carbonyl (C=O) groups excluding carboxylic acids is 2. The number of para-hydroxylation sites is 1. The maximum absolute atomic E-state index is 12.7. The molecule has 0 unspecified atom stereocenters. The Bertz CT molecular complexity index is 580. The van der Waals surface area contributed by atoms with Crippen LogP contribution < -0.4 is 11.1 Å². The zero-order valence-corrected chi connectivity index (χ0v) is 16.3. The quantitative estimate of drug-likeness (QED) is 0.851. The molecule has 0 saturated carbocycles. The van der Waals surface area contributed by atoms with Gasteiger partial charge in [0.05, 0.1) is 11.3 Å². The lowest BCUT2D eigenvalue weighted by Crippen LogP contribution is -2.40. The Morgan fingerprint density at radius 2 is 1.67 bits per heavy atom. The molecule has 136 valence electrons. The maximum Gasteiger partial charge on any atom is 0.255 e.